The summed E-state index contributed by atoms with van der Waals surface area (Å²) in [5, 5.41) is 0. The fourth-order valence-corrected chi connectivity index (χ4v) is 10.5. The summed E-state index contributed by atoms with van der Waals surface area (Å²) in [7, 11) is 0. The van der Waals surface area contributed by atoms with Gasteiger partial charge in [0.05, 0.1) is 5.41 Å². The predicted molar refractivity (Wildman–Crippen MR) is 303 cm³/mol. The first-order chi connectivity index (χ1) is 33.9. The third kappa shape index (κ3) is 9.72. The van der Waals surface area contributed by atoms with Crippen molar-refractivity contribution in [3.63, 3.8) is 0 Å². The van der Waals surface area contributed by atoms with Crippen LogP contribution in [-0.4, -0.2) is 0 Å². The van der Waals surface area contributed by atoms with Crippen molar-refractivity contribution < 1.29 is 0 Å². The Morgan fingerprint density at radius 2 is 1.22 bits per heavy atom. The highest BCUT2D eigenvalue weighted by atomic mass is 15.1. The van der Waals surface area contributed by atoms with Gasteiger partial charge < -0.3 is 4.90 Å². The number of hydrogen-bond acceptors (Lipinski definition) is 1. The molecule has 0 saturated heterocycles. The van der Waals surface area contributed by atoms with Crippen molar-refractivity contribution in [2.75, 3.05) is 4.90 Å². The SMILES string of the molecule is C#C.C=C(/C=C(\C(=C/C)C1=CC=CCC=C1)c1ccccc1)c1cccc(C2(c3ccc4c(c3C)C(C)=C(/C=C\C=C\C)N(c3ccccc3)C4)c3ccccc3-c3ccccc32)c1C.CC.CC. The largest absolute Gasteiger partial charge is 0.337 e. The molecule has 0 saturated carbocycles. The van der Waals surface area contributed by atoms with E-state index in [1.54, 1.807) is 0 Å². The van der Waals surface area contributed by atoms with Crippen LogP contribution in [0.3, 0.4) is 0 Å². The molecule has 346 valence electrons. The third-order valence-electron chi connectivity index (χ3n) is 13.3. The summed E-state index contributed by atoms with van der Waals surface area (Å²) in [6, 6.07) is 51.5. The third-order valence-corrected chi connectivity index (χ3v) is 13.3. The van der Waals surface area contributed by atoms with Crippen LogP contribution in [0.4, 0.5) is 5.69 Å². The maximum absolute atomic E-state index is 4.86. The number of fused-ring (bicyclic) bond motifs is 4. The van der Waals surface area contributed by atoms with Crippen molar-refractivity contribution in [1.82, 2.24) is 0 Å². The van der Waals surface area contributed by atoms with Gasteiger partial charge >= 0.3 is 0 Å². The summed E-state index contributed by atoms with van der Waals surface area (Å²) < 4.78 is 0. The van der Waals surface area contributed by atoms with E-state index in [2.05, 4.69) is 259 Å². The van der Waals surface area contributed by atoms with E-state index in [4.69, 9.17) is 6.58 Å². The van der Waals surface area contributed by atoms with Crippen molar-refractivity contribution in [2.24, 2.45) is 0 Å². The second-order valence-electron chi connectivity index (χ2n) is 16.7. The van der Waals surface area contributed by atoms with Gasteiger partial charge in [-0.2, -0.15) is 0 Å². The molecule has 9 rings (SSSR count). The smallest absolute Gasteiger partial charge is 0.0719 e. The van der Waals surface area contributed by atoms with E-state index in [1.807, 2.05) is 27.7 Å². The predicted octanol–water partition coefficient (Wildman–Crippen LogP) is 18.3. The van der Waals surface area contributed by atoms with Gasteiger partial charge in [0.2, 0.25) is 0 Å². The van der Waals surface area contributed by atoms with Crippen LogP contribution >= 0.6 is 0 Å². The lowest BCUT2D eigenvalue weighted by molar-refractivity contribution is 0.750. The van der Waals surface area contributed by atoms with Gasteiger partial charge in [0.15, 0.2) is 0 Å². The first-order valence-electron chi connectivity index (χ1n) is 24.6. The minimum atomic E-state index is -0.590. The highest BCUT2D eigenvalue weighted by molar-refractivity contribution is 5.94. The van der Waals surface area contributed by atoms with Gasteiger partial charge in [-0.15, -0.1) is 12.8 Å². The van der Waals surface area contributed by atoms with E-state index < -0.39 is 5.41 Å². The fourth-order valence-electron chi connectivity index (χ4n) is 10.5. The summed E-state index contributed by atoms with van der Waals surface area (Å²) in [6.45, 7) is 24.9. The van der Waals surface area contributed by atoms with Crippen molar-refractivity contribution >= 4 is 22.4 Å². The molecule has 0 fully saturated rings. The van der Waals surface area contributed by atoms with E-state index >= 15 is 0 Å². The van der Waals surface area contributed by atoms with Crippen molar-refractivity contribution in [3.05, 3.63) is 285 Å². The van der Waals surface area contributed by atoms with Crippen LogP contribution in [0.5, 0.6) is 0 Å². The molecule has 1 heteroatoms. The molecule has 6 aromatic carbocycles. The Morgan fingerprint density at radius 1 is 0.623 bits per heavy atom. The monoisotopic (exact) mass is 900 g/mol. The Kier molecular flexibility index (Phi) is 17.6. The molecule has 0 spiro atoms. The van der Waals surface area contributed by atoms with E-state index in [1.165, 1.54) is 83.7 Å². The number of terminal acetylenes is 1. The molecule has 0 unspecified atom stereocenters. The van der Waals surface area contributed by atoms with Gasteiger partial charge in [-0.25, -0.2) is 0 Å². The van der Waals surface area contributed by atoms with Crippen molar-refractivity contribution in [3.8, 4) is 24.0 Å². The van der Waals surface area contributed by atoms with E-state index in [0.29, 0.717) is 0 Å². The number of nitrogens with zero attached hydrogens (tertiary/aromatic N) is 1. The Balaban J connectivity index is 0.00000126. The first kappa shape index (κ1) is 50.7. The molecule has 1 nitrogen and oxygen atoms in total. The molecule has 0 N–H and O–H groups in total. The maximum atomic E-state index is 4.86. The van der Waals surface area contributed by atoms with Crippen LogP contribution in [0.25, 0.3) is 27.8 Å². The molecular formula is C68H69N. The molecule has 0 radical (unpaired) electrons. The standard InChI is InChI=1S/C62H55N.2C2H6.C2H2/c1-7-9-14-38-60-46(6)61-45(5)57(40-39-49(61)42-63(60)50-30-19-13-20-31-50)62(58-35-23-21-32-53(58)54-33-22-24-36-59(54)62)56-37-25-34-52(44(56)4)43(3)41-55(48-28-17-12-18-29-48)51(8-2)47-26-15-10-11-16-27-47;3*1-2/h7-10,12-41H,3,11,42H2,1-2,4-6H3;2*1-2H3;1-2H/b9-7+,38-14-,51-8-,55-41-;;;. The zero-order chi connectivity index (χ0) is 49.5. The number of para-hydroxylation sites is 1. The molecule has 0 bridgehead atoms. The van der Waals surface area contributed by atoms with E-state index in [9.17, 15) is 0 Å². The Hall–Kier alpha value is -7.66. The van der Waals surface area contributed by atoms with Crippen LogP contribution in [0, 0.1) is 26.7 Å². The Labute approximate surface area is 415 Å². The summed E-state index contributed by atoms with van der Waals surface area (Å²) in [5.74, 6) is 0. The minimum absolute atomic E-state index is 0.590. The van der Waals surface area contributed by atoms with Gasteiger partial charge in [-0.05, 0) is 160 Å². The number of benzene rings is 6. The lowest BCUT2D eigenvalue weighted by atomic mass is 9.64. The normalized spacial score (nSPS) is 14.5. The lowest BCUT2D eigenvalue weighted by Gasteiger charge is -2.39. The zero-order valence-electron chi connectivity index (χ0n) is 42.4. The van der Waals surface area contributed by atoms with Crippen LogP contribution in [-0.2, 0) is 12.0 Å². The number of rotatable bonds is 10. The summed E-state index contributed by atoms with van der Waals surface area (Å²) in [5.41, 5.74) is 22.9. The molecule has 69 heavy (non-hydrogen) atoms. The first-order valence-corrected chi connectivity index (χ1v) is 24.6. The topological polar surface area (TPSA) is 3.24 Å². The summed E-state index contributed by atoms with van der Waals surface area (Å²) in [6.07, 6.45) is 33.2. The maximum Gasteiger partial charge on any atom is 0.0719 e. The van der Waals surface area contributed by atoms with Gasteiger partial charge in [-0.3, -0.25) is 0 Å². The molecule has 0 aromatic heterocycles. The lowest BCUT2D eigenvalue weighted by Crippen LogP contribution is -2.32. The van der Waals surface area contributed by atoms with Gasteiger partial charge in [0.25, 0.3) is 0 Å². The van der Waals surface area contributed by atoms with Gasteiger partial charge in [-0.1, -0.05) is 216 Å². The second-order valence-corrected chi connectivity index (χ2v) is 16.7. The highest BCUT2D eigenvalue weighted by Gasteiger charge is 2.48. The van der Waals surface area contributed by atoms with Gasteiger partial charge in [0, 0.05) is 17.9 Å². The quantitative estimate of drug-likeness (QED) is 0.0977. The Bertz CT molecular complexity index is 2990. The Morgan fingerprint density at radius 3 is 1.86 bits per heavy atom. The molecule has 1 aliphatic heterocycles. The molecule has 6 aromatic rings. The van der Waals surface area contributed by atoms with Crippen molar-refractivity contribution in [1.29, 1.82) is 0 Å². The van der Waals surface area contributed by atoms with Crippen LogP contribution in [0.2, 0.25) is 0 Å². The van der Waals surface area contributed by atoms with Crippen LogP contribution < -0.4 is 4.90 Å². The average Bonchev–Trinajstić information content (AvgIpc) is 3.49. The highest BCUT2D eigenvalue weighted by Crippen LogP contribution is 2.58. The molecule has 2 aliphatic carbocycles. The summed E-state index contributed by atoms with van der Waals surface area (Å²) in [4.78, 5) is 2.46. The molecule has 0 amide bonds. The number of hydrogen-bond donors (Lipinski definition) is 0. The fraction of sp³-hybridized carbons (Fsp3) is 0.176. The number of allylic oxidation sites excluding steroid dienone is 16. The molecular weight excluding hydrogens is 831 g/mol. The average molecular weight is 900 g/mol. The molecule has 0 atom stereocenters. The number of anilines is 1. The zero-order valence-corrected chi connectivity index (χ0v) is 42.4. The van der Waals surface area contributed by atoms with E-state index in [-0.39, 0.29) is 0 Å². The van der Waals surface area contributed by atoms with Crippen molar-refractivity contribution in [2.45, 2.75) is 80.7 Å². The van der Waals surface area contributed by atoms with E-state index in [0.717, 1.165) is 35.2 Å². The van der Waals surface area contributed by atoms with Crippen LogP contribution in [0.15, 0.2) is 230 Å². The second kappa shape index (κ2) is 23.9. The van der Waals surface area contributed by atoms with Crippen LogP contribution in [0.1, 0.15) is 111 Å². The molecule has 3 aliphatic rings. The van der Waals surface area contributed by atoms with Gasteiger partial charge in [0.1, 0.15) is 0 Å². The molecule has 1 heterocycles. The minimum Gasteiger partial charge on any atom is -0.337 e. The summed E-state index contributed by atoms with van der Waals surface area (Å²) >= 11 is 0.